The fourth-order valence-corrected chi connectivity index (χ4v) is 2.22. The second-order valence-electron chi connectivity index (χ2n) is 5.69. The van der Waals surface area contributed by atoms with Crippen molar-refractivity contribution in [3.05, 3.63) is 64.2 Å². The Hall–Kier alpha value is -3.42. The number of amides is 1. The molecule has 142 valence electrons. The summed E-state index contributed by atoms with van der Waals surface area (Å²) >= 11 is 0. The van der Waals surface area contributed by atoms with Crippen LogP contribution in [0.15, 0.2) is 48.5 Å². The zero-order valence-corrected chi connectivity index (χ0v) is 15.0. The van der Waals surface area contributed by atoms with Gasteiger partial charge in [-0.05, 0) is 37.1 Å². The number of rotatable bonds is 8. The van der Waals surface area contributed by atoms with Crippen molar-refractivity contribution in [3.8, 4) is 5.75 Å². The van der Waals surface area contributed by atoms with Gasteiger partial charge in [-0.15, -0.1) is 0 Å². The van der Waals surface area contributed by atoms with Crippen LogP contribution in [0.5, 0.6) is 5.75 Å². The molecule has 8 nitrogen and oxygen atoms in total. The minimum absolute atomic E-state index is 0.0485. The van der Waals surface area contributed by atoms with Gasteiger partial charge in [0.15, 0.2) is 18.5 Å². The van der Waals surface area contributed by atoms with E-state index in [-0.39, 0.29) is 11.4 Å². The van der Waals surface area contributed by atoms with Gasteiger partial charge in [0, 0.05) is 11.8 Å². The van der Waals surface area contributed by atoms with E-state index in [0.29, 0.717) is 5.69 Å². The van der Waals surface area contributed by atoms with Crippen LogP contribution in [0, 0.1) is 10.1 Å². The molecule has 0 aliphatic rings. The largest absolute Gasteiger partial charge is 0.475 e. The first kappa shape index (κ1) is 19.9. The number of nitro benzene ring substituents is 1. The Labute approximate surface area is 156 Å². The molecule has 1 atom stereocenters. The van der Waals surface area contributed by atoms with Crippen molar-refractivity contribution < 1.29 is 24.0 Å². The highest BCUT2D eigenvalue weighted by Crippen LogP contribution is 2.25. The number of hydrogen-bond acceptors (Lipinski definition) is 6. The van der Waals surface area contributed by atoms with E-state index in [2.05, 4.69) is 5.32 Å². The number of aryl methyl sites for hydroxylation is 1. The predicted octanol–water partition coefficient (Wildman–Crippen LogP) is 3.11. The molecule has 2 rings (SSSR count). The number of para-hydroxylation sites is 2. The fourth-order valence-electron chi connectivity index (χ4n) is 2.22. The predicted molar refractivity (Wildman–Crippen MR) is 98.6 cm³/mol. The molecule has 0 fully saturated rings. The van der Waals surface area contributed by atoms with Crippen LogP contribution in [-0.2, 0) is 20.7 Å². The number of hydrogen-bond donors (Lipinski definition) is 1. The first-order valence-electron chi connectivity index (χ1n) is 8.36. The lowest BCUT2D eigenvalue weighted by Crippen LogP contribution is -2.31. The topological polar surface area (TPSA) is 108 Å². The number of anilines is 1. The maximum atomic E-state index is 12.1. The number of benzene rings is 2. The molecule has 8 heteroatoms. The fraction of sp³-hybridized carbons (Fsp3) is 0.263. The molecule has 0 saturated carbocycles. The molecule has 1 N–H and O–H groups in total. The first-order valence-corrected chi connectivity index (χ1v) is 8.36. The van der Waals surface area contributed by atoms with Crippen LogP contribution in [0.4, 0.5) is 11.4 Å². The van der Waals surface area contributed by atoms with Gasteiger partial charge in [0.2, 0.25) is 0 Å². The first-order chi connectivity index (χ1) is 12.9. The molecule has 0 aromatic heterocycles. The van der Waals surface area contributed by atoms with Crippen LogP contribution in [0.3, 0.4) is 0 Å². The minimum atomic E-state index is -1.04. The summed E-state index contributed by atoms with van der Waals surface area (Å²) in [6, 6.07) is 13.0. The summed E-state index contributed by atoms with van der Waals surface area (Å²) in [6.07, 6.45) is -0.153. The summed E-state index contributed by atoms with van der Waals surface area (Å²) in [5.74, 6) is -1.34. The molecule has 0 spiro atoms. The Morgan fingerprint density at radius 1 is 1.15 bits per heavy atom. The molecule has 2 aromatic carbocycles. The van der Waals surface area contributed by atoms with Crippen molar-refractivity contribution in [3.63, 3.8) is 0 Å². The Bertz CT molecular complexity index is 819. The summed E-state index contributed by atoms with van der Waals surface area (Å²) in [5.41, 5.74) is 1.47. The standard InChI is InChI=1S/C19H20N2O6/c1-3-14-8-10-15(11-9-14)20-19(23)13(2)27-18(22)12-26-17-7-5-4-6-16(17)21(24)25/h4-11,13H,3,12H2,1-2H3,(H,20,23)/t13-/m1/s1. The van der Waals surface area contributed by atoms with Gasteiger partial charge in [0.1, 0.15) is 0 Å². The average molecular weight is 372 g/mol. The van der Waals surface area contributed by atoms with Crippen molar-refractivity contribution in [1.29, 1.82) is 0 Å². The molecule has 0 heterocycles. The molecule has 0 saturated heterocycles. The normalized spacial score (nSPS) is 11.3. The molecule has 0 aliphatic heterocycles. The molecular formula is C19H20N2O6. The lowest BCUT2D eigenvalue weighted by atomic mass is 10.1. The van der Waals surface area contributed by atoms with Crippen molar-refractivity contribution in [2.75, 3.05) is 11.9 Å². The molecular weight excluding hydrogens is 352 g/mol. The molecule has 0 radical (unpaired) electrons. The van der Waals surface area contributed by atoms with Gasteiger partial charge in [-0.25, -0.2) is 4.79 Å². The van der Waals surface area contributed by atoms with Gasteiger partial charge < -0.3 is 14.8 Å². The van der Waals surface area contributed by atoms with Gasteiger partial charge >= 0.3 is 11.7 Å². The van der Waals surface area contributed by atoms with E-state index < -0.39 is 29.5 Å². The number of nitro groups is 1. The molecule has 1 amide bonds. The molecule has 0 unspecified atom stereocenters. The smallest absolute Gasteiger partial charge is 0.344 e. The van der Waals surface area contributed by atoms with Crippen molar-refractivity contribution >= 4 is 23.3 Å². The van der Waals surface area contributed by atoms with Crippen molar-refractivity contribution in [1.82, 2.24) is 0 Å². The molecule has 0 bridgehead atoms. The van der Waals surface area contributed by atoms with Crippen LogP contribution in [0.2, 0.25) is 0 Å². The van der Waals surface area contributed by atoms with E-state index in [1.54, 1.807) is 18.2 Å². The van der Waals surface area contributed by atoms with E-state index in [1.807, 2.05) is 19.1 Å². The number of ether oxygens (including phenoxy) is 2. The van der Waals surface area contributed by atoms with Crippen LogP contribution >= 0.6 is 0 Å². The van der Waals surface area contributed by atoms with Crippen molar-refractivity contribution in [2.24, 2.45) is 0 Å². The van der Waals surface area contributed by atoms with E-state index in [9.17, 15) is 19.7 Å². The molecule has 27 heavy (non-hydrogen) atoms. The summed E-state index contributed by atoms with van der Waals surface area (Å²) in [6.45, 7) is 2.91. The Morgan fingerprint density at radius 2 is 1.81 bits per heavy atom. The minimum Gasteiger partial charge on any atom is -0.475 e. The van der Waals surface area contributed by atoms with Gasteiger partial charge in [-0.3, -0.25) is 14.9 Å². The third kappa shape index (κ3) is 5.81. The highest BCUT2D eigenvalue weighted by molar-refractivity contribution is 5.95. The van der Waals surface area contributed by atoms with E-state index >= 15 is 0 Å². The summed E-state index contributed by atoms with van der Waals surface area (Å²) in [5, 5.41) is 13.6. The second-order valence-corrected chi connectivity index (χ2v) is 5.69. The lowest BCUT2D eigenvalue weighted by molar-refractivity contribution is -0.385. The Balaban J connectivity index is 1.85. The van der Waals surface area contributed by atoms with Crippen LogP contribution in [-0.4, -0.2) is 29.5 Å². The monoisotopic (exact) mass is 372 g/mol. The summed E-state index contributed by atoms with van der Waals surface area (Å²) in [4.78, 5) is 34.2. The van der Waals surface area contributed by atoms with Crippen molar-refractivity contribution in [2.45, 2.75) is 26.4 Å². The second kappa shape index (κ2) is 9.33. The van der Waals surface area contributed by atoms with Crippen LogP contribution in [0.1, 0.15) is 19.4 Å². The van der Waals surface area contributed by atoms with E-state index in [1.165, 1.54) is 25.1 Å². The van der Waals surface area contributed by atoms with E-state index in [0.717, 1.165) is 12.0 Å². The molecule has 0 aliphatic carbocycles. The van der Waals surface area contributed by atoms with Gasteiger partial charge in [0.05, 0.1) is 4.92 Å². The quantitative estimate of drug-likeness (QED) is 0.433. The highest BCUT2D eigenvalue weighted by atomic mass is 16.6. The zero-order chi connectivity index (χ0) is 19.8. The maximum Gasteiger partial charge on any atom is 0.344 e. The summed E-state index contributed by atoms with van der Waals surface area (Å²) < 4.78 is 10.1. The number of nitrogens with one attached hydrogen (secondary N) is 1. The molecule has 2 aromatic rings. The Morgan fingerprint density at radius 3 is 2.44 bits per heavy atom. The number of esters is 1. The van der Waals surface area contributed by atoms with Gasteiger partial charge in [0.25, 0.3) is 5.91 Å². The summed E-state index contributed by atoms with van der Waals surface area (Å²) in [7, 11) is 0. The van der Waals surface area contributed by atoms with Crippen LogP contribution in [0.25, 0.3) is 0 Å². The van der Waals surface area contributed by atoms with E-state index in [4.69, 9.17) is 9.47 Å². The van der Waals surface area contributed by atoms with Crippen LogP contribution < -0.4 is 10.1 Å². The lowest BCUT2D eigenvalue weighted by Gasteiger charge is -2.14. The zero-order valence-electron chi connectivity index (χ0n) is 15.0. The SMILES string of the molecule is CCc1ccc(NC(=O)[C@@H](C)OC(=O)COc2ccccc2[N+](=O)[O-])cc1. The third-order valence-electron chi connectivity index (χ3n) is 3.71. The number of carbonyl (C=O) groups is 2. The highest BCUT2D eigenvalue weighted by Gasteiger charge is 2.20. The van der Waals surface area contributed by atoms with Gasteiger partial charge in [-0.2, -0.15) is 0 Å². The Kier molecular flexibility index (Phi) is 6.87. The number of carbonyl (C=O) groups excluding carboxylic acids is 2. The number of nitrogens with zero attached hydrogens (tertiary/aromatic N) is 1. The third-order valence-corrected chi connectivity index (χ3v) is 3.71. The van der Waals surface area contributed by atoms with Gasteiger partial charge in [-0.1, -0.05) is 31.2 Å². The average Bonchev–Trinajstić information content (AvgIpc) is 2.67. The maximum absolute atomic E-state index is 12.1.